The lowest BCUT2D eigenvalue weighted by Crippen LogP contribution is -2.18. The van der Waals surface area contributed by atoms with Crippen molar-refractivity contribution in [2.24, 2.45) is 0 Å². The third kappa shape index (κ3) is 2.36. The molecule has 2 rings (SSSR count). The molecule has 0 saturated carbocycles. The van der Waals surface area contributed by atoms with Crippen molar-refractivity contribution >= 4 is 5.91 Å². The fourth-order valence-corrected chi connectivity index (χ4v) is 1.80. The first-order valence-electron chi connectivity index (χ1n) is 5.60. The summed E-state index contributed by atoms with van der Waals surface area (Å²) >= 11 is 0. The van der Waals surface area contributed by atoms with E-state index in [4.69, 9.17) is 0 Å². The maximum Gasteiger partial charge on any atom is 0.251 e. The van der Waals surface area contributed by atoms with Crippen molar-refractivity contribution in [2.45, 2.75) is 6.92 Å². The van der Waals surface area contributed by atoms with E-state index in [2.05, 4.69) is 24.4 Å². The van der Waals surface area contributed by atoms with Crippen LogP contribution < -0.4 is 5.32 Å². The molecule has 1 N–H and O–H groups in total. The Kier molecular flexibility index (Phi) is 3.24. The van der Waals surface area contributed by atoms with E-state index in [0.717, 1.165) is 11.1 Å². The van der Waals surface area contributed by atoms with Crippen LogP contribution in [0.25, 0.3) is 11.1 Å². The number of hydrogen-bond acceptors (Lipinski definition) is 1. The molecule has 1 amide bonds. The van der Waals surface area contributed by atoms with Gasteiger partial charge >= 0.3 is 0 Å². The van der Waals surface area contributed by atoms with Gasteiger partial charge in [0.2, 0.25) is 0 Å². The molecule has 0 unspecified atom stereocenters. The fraction of sp³-hybridized carbons (Fsp3) is 0.133. The largest absolute Gasteiger partial charge is 0.355 e. The maximum absolute atomic E-state index is 11.8. The lowest BCUT2D eigenvalue weighted by Gasteiger charge is -2.08. The van der Waals surface area contributed by atoms with E-state index < -0.39 is 0 Å². The van der Waals surface area contributed by atoms with E-state index in [9.17, 15) is 4.79 Å². The second-order valence-electron chi connectivity index (χ2n) is 3.99. The normalized spacial score (nSPS) is 10.0. The van der Waals surface area contributed by atoms with Gasteiger partial charge in [-0.25, -0.2) is 0 Å². The van der Waals surface area contributed by atoms with Gasteiger partial charge in [0.05, 0.1) is 0 Å². The first-order valence-corrected chi connectivity index (χ1v) is 5.60. The molecule has 0 aromatic heterocycles. The summed E-state index contributed by atoms with van der Waals surface area (Å²) in [5.74, 6) is -0.0545. The van der Waals surface area contributed by atoms with Gasteiger partial charge in [0.15, 0.2) is 0 Å². The highest BCUT2D eigenvalue weighted by Gasteiger charge is 2.09. The van der Waals surface area contributed by atoms with Crippen LogP contribution >= 0.6 is 0 Å². The number of nitrogens with one attached hydrogen (secondary N) is 1. The maximum atomic E-state index is 11.8. The summed E-state index contributed by atoms with van der Waals surface area (Å²) in [7, 11) is 1.65. The average Bonchev–Trinajstić information content (AvgIpc) is 2.39. The molecule has 0 saturated heterocycles. The molecule has 2 aromatic carbocycles. The number of aryl methyl sites for hydroxylation is 1. The third-order valence-electron chi connectivity index (χ3n) is 2.76. The monoisotopic (exact) mass is 225 g/mol. The van der Waals surface area contributed by atoms with Gasteiger partial charge in [-0.05, 0) is 24.1 Å². The van der Waals surface area contributed by atoms with Crippen molar-refractivity contribution in [3.63, 3.8) is 0 Å². The highest BCUT2D eigenvalue weighted by molar-refractivity contribution is 6.00. The highest BCUT2D eigenvalue weighted by atomic mass is 16.1. The minimum atomic E-state index is -0.0545. The Morgan fingerprint density at radius 1 is 1.00 bits per heavy atom. The minimum absolute atomic E-state index is 0.0545. The molecule has 86 valence electrons. The Balaban J connectivity index is 2.51. The minimum Gasteiger partial charge on any atom is -0.355 e. The molecule has 0 atom stereocenters. The number of amides is 1. The molecule has 0 spiro atoms. The molecule has 2 aromatic rings. The summed E-state index contributed by atoms with van der Waals surface area (Å²) in [6.07, 6.45) is 0. The predicted octanol–water partition coefficient (Wildman–Crippen LogP) is 3.02. The molecule has 0 heterocycles. The standard InChI is InChI=1S/C15H15NO/c1-11-7-9-12(10-8-11)13-5-3-4-6-14(13)15(17)16-2/h3-10H,1-2H3,(H,16,17). The van der Waals surface area contributed by atoms with Crippen LogP contribution in [0.3, 0.4) is 0 Å². The number of rotatable bonds is 2. The Hall–Kier alpha value is -2.09. The zero-order valence-electron chi connectivity index (χ0n) is 10.0. The molecule has 0 aliphatic carbocycles. The topological polar surface area (TPSA) is 29.1 Å². The van der Waals surface area contributed by atoms with Crippen LogP contribution in [0, 0.1) is 6.92 Å². The second-order valence-corrected chi connectivity index (χ2v) is 3.99. The van der Waals surface area contributed by atoms with Gasteiger partial charge in [-0.15, -0.1) is 0 Å². The van der Waals surface area contributed by atoms with Gasteiger partial charge in [0, 0.05) is 12.6 Å². The fourth-order valence-electron chi connectivity index (χ4n) is 1.80. The summed E-state index contributed by atoms with van der Waals surface area (Å²) in [5.41, 5.74) is 3.95. The molecule has 0 fully saturated rings. The third-order valence-corrected chi connectivity index (χ3v) is 2.76. The molecule has 0 aliphatic rings. The van der Waals surface area contributed by atoms with Crippen LogP contribution in [-0.4, -0.2) is 13.0 Å². The summed E-state index contributed by atoms with van der Waals surface area (Å²) in [6.45, 7) is 2.05. The number of benzene rings is 2. The van der Waals surface area contributed by atoms with Crippen molar-refractivity contribution in [3.8, 4) is 11.1 Å². The van der Waals surface area contributed by atoms with Crippen LogP contribution in [0.1, 0.15) is 15.9 Å². The van der Waals surface area contributed by atoms with Gasteiger partial charge in [-0.2, -0.15) is 0 Å². The van der Waals surface area contributed by atoms with Crippen LogP contribution in [0.5, 0.6) is 0 Å². The molecule has 2 heteroatoms. The van der Waals surface area contributed by atoms with E-state index in [-0.39, 0.29) is 5.91 Å². The van der Waals surface area contributed by atoms with Gasteiger partial charge < -0.3 is 5.32 Å². The molecule has 17 heavy (non-hydrogen) atoms. The first-order chi connectivity index (χ1) is 8.22. The Morgan fingerprint density at radius 3 is 2.29 bits per heavy atom. The van der Waals surface area contributed by atoms with E-state index in [1.54, 1.807) is 7.05 Å². The van der Waals surface area contributed by atoms with E-state index in [1.807, 2.05) is 36.4 Å². The van der Waals surface area contributed by atoms with Crippen molar-refractivity contribution in [1.29, 1.82) is 0 Å². The first kappa shape index (κ1) is 11.4. The predicted molar refractivity (Wildman–Crippen MR) is 70.0 cm³/mol. The van der Waals surface area contributed by atoms with Gasteiger partial charge in [-0.1, -0.05) is 48.0 Å². The zero-order chi connectivity index (χ0) is 12.3. The van der Waals surface area contributed by atoms with Crippen molar-refractivity contribution in [1.82, 2.24) is 5.32 Å². The van der Waals surface area contributed by atoms with Crippen molar-refractivity contribution < 1.29 is 4.79 Å². The van der Waals surface area contributed by atoms with Crippen molar-refractivity contribution in [2.75, 3.05) is 7.05 Å². The number of hydrogen-bond donors (Lipinski definition) is 1. The molecule has 0 radical (unpaired) electrons. The Bertz CT molecular complexity index is 529. The van der Waals surface area contributed by atoms with Gasteiger partial charge in [0.1, 0.15) is 0 Å². The van der Waals surface area contributed by atoms with E-state index in [0.29, 0.717) is 5.56 Å². The van der Waals surface area contributed by atoms with E-state index in [1.165, 1.54) is 5.56 Å². The number of carbonyl (C=O) groups excluding carboxylic acids is 1. The van der Waals surface area contributed by atoms with Crippen LogP contribution in [-0.2, 0) is 0 Å². The lowest BCUT2D eigenvalue weighted by atomic mass is 9.98. The molecule has 2 nitrogen and oxygen atoms in total. The van der Waals surface area contributed by atoms with Crippen LogP contribution in [0.15, 0.2) is 48.5 Å². The number of carbonyl (C=O) groups is 1. The summed E-state index contributed by atoms with van der Waals surface area (Å²) in [5, 5.41) is 2.66. The quantitative estimate of drug-likeness (QED) is 0.836. The molecular weight excluding hydrogens is 210 g/mol. The van der Waals surface area contributed by atoms with Gasteiger partial charge in [-0.3, -0.25) is 4.79 Å². The average molecular weight is 225 g/mol. The van der Waals surface area contributed by atoms with Crippen molar-refractivity contribution in [3.05, 3.63) is 59.7 Å². The lowest BCUT2D eigenvalue weighted by molar-refractivity contribution is 0.0964. The molecular formula is C15H15NO. The van der Waals surface area contributed by atoms with Crippen LogP contribution in [0.2, 0.25) is 0 Å². The Morgan fingerprint density at radius 2 is 1.65 bits per heavy atom. The summed E-state index contributed by atoms with van der Waals surface area (Å²) in [6, 6.07) is 15.8. The highest BCUT2D eigenvalue weighted by Crippen LogP contribution is 2.23. The SMILES string of the molecule is CNC(=O)c1ccccc1-c1ccc(C)cc1. The smallest absolute Gasteiger partial charge is 0.251 e. The summed E-state index contributed by atoms with van der Waals surface area (Å²) in [4.78, 5) is 11.8. The zero-order valence-corrected chi connectivity index (χ0v) is 10.0. The molecule has 0 bridgehead atoms. The summed E-state index contributed by atoms with van der Waals surface area (Å²) < 4.78 is 0. The Labute approximate surface area is 101 Å². The second kappa shape index (κ2) is 4.83. The van der Waals surface area contributed by atoms with E-state index >= 15 is 0 Å². The molecule has 0 aliphatic heterocycles. The van der Waals surface area contributed by atoms with Gasteiger partial charge in [0.25, 0.3) is 5.91 Å². The van der Waals surface area contributed by atoms with Crippen LogP contribution in [0.4, 0.5) is 0 Å².